The summed E-state index contributed by atoms with van der Waals surface area (Å²) in [4.78, 5) is 12.0. The quantitative estimate of drug-likeness (QED) is 0.760. The summed E-state index contributed by atoms with van der Waals surface area (Å²) >= 11 is 0. The standard InChI is InChI=1S/C12H11FN2O2/c1-15-10(5-6-14-15)12(16)8-3-4-11(17-2)9(13)7-8/h3-7H,1-2H3. The van der Waals surface area contributed by atoms with Gasteiger partial charge in [-0.25, -0.2) is 4.39 Å². The topological polar surface area (TPSA) is 44.1 Å². The molecular weight excluding hydrogens is 223 g/mol. The van der Waals surface area contributed by atoms with E-state index in [0.717, 1.165) is 6.07 Å². The number of aryl methyl sites for hydroxylation is 1. The molecule has 0 atom stereocenters. The largest absolute Gasteiger partial charge is 0.494 e. The Morgan fingerprint density at radius 1 is 1.41 bits per heavy atom. The first-order valence-corrected chi connectivity index (χ1v) is 4.99. The summed E-state index contributed by atoms with van der Waals surface area (Å²) in [7, 11) is 3.04. The van der Waals surface area contributed by atoms with Crippen LogP contribution in [-0.2, 0) is 7.05 Å². The third kappa shape index (κ3) is 2.04. The van der Waals surface area contributed by atoms with E-state index in [4.69, 9.17) is 4.74 Å². The van der Waals surface area contributed by atoms with E-state index in [1.54, 1.807) is 13.1 Å². The van der Waals surface area contributed by atoms with Crippen LogP contribution in [0.2, 0.25) is 0 Å². The second kappa shape index (κ2) is 4.37. The summed E-state index contributed by atoms with van der Waals surface area (Å²) in [5.41, 5.74) is 0.682. The van der Waals surface area contributed by atoms with Crippen LogP contribution in [0.15, 0.2) is 30.5 Å². The third-order valence-electron chi connectivity index (χ3n) is 2.47. The Bertz CT molecular complexity index is 563. The maximum absolute atomic E-state index is 13.5. The highest BCUT2D eigenvalue weighted by atomic mass is 19.1. The molecule has 0 radical (unpaired) electrons. The molecule has 0 saturated carbocycles. The second-order valence-corrected chi connectivity index (χ2v) is 3.52. The van der Waals surface area contributed by atoms with Gasteiger partial charge in [-0.3, -0.25) is 9.48 Å². The number of hydrogen-bond acceptors (Lipinski definition) is 3. The van der Waals surface area contributed by atoms with Gasteiger partial charge < -0.3 is 4.74 Å². The molecule has 0 saturated heterocycles. The molecule has 0 amide bonds. The van der Waals surface area contributed by atoms with Crippen molar-refractivity contribution in [3.8, 4) is 5.75 Å². The molecule has 0 spiro atoms. The zero-order valence-electron chi connectivity index (χ0n) is 9.48. The van der Waals surface area contributed by atoms with Gasteiger partial charge in [0.1, 0.15) is 5.69 Å². The van der Waals surface area contributed by atoms with Gasteiger partial charge in [-0.1, -0.05) is 0 Å². The number of ether oxygens (including phenoxy) is 1. The van der Waals surface area contributed by atoms with Crippen LogP contribution in [0.1, 0.15) is 16.1 Å². The van der Waals surface area contributed by atoms with E-state index in [0.29, 0.717) is 5.69 Å². The predicted molar refractivity (Wildman–Crippen MR) is 59.6 cm³/mol. The molecule has 0 aliphatic heterocycles. The summed E-state index contributed by atoms with van der Waals surface area (Å²) < 4.78 is 19.7. The molecule has 5 heteroatoms. The summed E-state index contributed by atoms with van der Waals surface area (Å²) in [6.45, 7) is 0. The zero-order chi connectivity index (χ0) is 12.4. The number of carbonyl (C=O) groups excluding carboxylic acids is 1. The molecule has 2 aromatic rings. The van der Waals surface area contributed by atoms with Crippen molar-refractivity contribution in [3.63, 3.8) is 0 Å². The predicted octanol–water partition coefficient (Wildman–Crippen LogP) is 1.80. The van der Waals surface area contributed by atoms with Crippen molar-refractivity contribution in [3.05, 3.63) is 47.5 Å². The number of ketones is 1. The van der Waals surface area contributed by atoms with Crippen LogP contribution < -0.4 is 4.74 Å². The van der Waals surface area contributed by atoms with Crippen molar-refractivity contribution in [1.29, 1.82) is 0 Å². The molecule has 1 aromatic heterocycles. The Morgan fingerprint density at radius 2 is 2.18 bits per heavy atom. The second-order valence-electron chi connectivity index (χ2n) is 3.52. The molecule has 0 aliphatic rings. The van der Waals surface area contributed by atoms with E-state index in [9.17, 15) is 9.18 Å². The van der Waals surface area contributed by atoms with Gasteiger partial charge in [-0.05, 0) is 24.3 Å². The lowest BCUT2D eigenvalue weighted by molar-refractivity contribution is 0.103. The van der Waals surface area contributed by atoms with Crippen LogP contribution in [-0.4, -0.2) is 22.7 Å². The summed E-state index contributed by atoms with van der Waals surface area (Å²) in [5, 5.41) is 3.90. The van der Waals surface area contributed by atoms with E-state index in [1.165, 1.54) is 30.1 Å². The Kier molecular flexibility index (Phi) is 2.91. The first kappa shape index (κ1) is 11.3. The van der Waals surface area contributed by atoms with E-state index in [2.05, 4.69) is 5.10 Å². The molecule has 0 N–H and O–H groups in total. The minimum atomic E-state index is -0.555. The Labute approximate surface area is 97.6 Å². The van der Waals surface area contributed by atoms with E-state index in [-0.39, 0.29) is 17.1 Å². The fraction of sp³-hybridized carbons (Fsp3) is 0.167. The first-order chi connectivity index (χ1) is 8.13. The smallest absolute Gasteiger partial charge is 0.211 e. The first-order valence-electron chi connectivity index (χ1n) is 4.99. The number of carbonyl (C=O) groups is 1. The van der Waals surface area contributed by atoms with Gasteiger partial charge in [0.05, 0.1) is 7.11 Å². The maximum Gasteiger partial charge on any atom is 0.211 e. The van der Waals surface area contributed by atoms with Crippen molar-refractivity contribution < 1.29 is 13.9 Å². The third-order valence-corrected chi connectivity index (χ3v) is 2.47. The van der Waals surface area contributed by atoms with Crippen LogP contribution >= 0.6 is 0 Å². The SMILES string of the molecule is COc1ccc(C(=O)c2ccnn2C)cc1F. The van der Waals surface area contributed by atoms with Crippen molar-refractivity contribution in [1.82, 2.24) is 9.78 Å². The van der Waals surface area contributed by atoms with Gasteiger partial charge in [0.2, 0.25) is 5.78 Å². The number of benzene rings is 1. The van der Waals surface area contributed by atoms with Crippen molar-refractivity contribution in [2.24, 2.45) is 7.05 Å². The summed E-state index contributed by atoms with van der Waals surface area (Å²) in [6.07, 6.45) is 1.52. The maximum atomic E-state index is 13.5. The molecular formula is C12H11FN2O2. The van der Waals surface area contributed by atoms with Crippen LogP contribution in [0.3, 0.4) is 0 Å². The molecule has 0 bridgehead atoms. The minimum Gasteiger partial charge on any atom is -0.494 e. The molecule has 1 aromatic carbocycles. The monoisotopic (exact) mass is 234 g/mol. The molecule has 0 aliphatic carbocycles. The molecule has 0 fully saturated rings. The number of hydrogen-bond donors (Lipinski definition) is 0. The van der Waals surface area contributed by atoms with Crippen LogP contribution in [0.4, 0.5) is 4.39 Å². The number of methoxy groups -OCH3 is 1. The van der Waals surface area contributed by atoms with Crippen molar-refractivity contribution in [2.45, 2.75) is 0 Å². The average molecular weight is 234 g/mol. The Balaban J connectivity index is 2.39. The molecule has 1 heterocycles. The van der Waals surface area contributed by atoms with Crippen LogP contribution in [0.25, 0.3) is 0 Å². The molecule has 17 heavy (non-hydrogen) atoms. The van der Waals surface area contributed by atoms with Crippen molar-refractivity contribution >= 4 is 5.78 Å². The molecule has 4 nitrogen and oxygen atoms in total. The fourth-order valence-electron chi connectivity index (χ4n) is 1.55. The molecule has 2 rings (SSSR count). The van der Waals surface area contributed by atoms with Gasteiger partial charge in [-0.15, -0.1) is 0 Å². The average Bonchev–Trinajstić information content (AvgIpc) is 2.74. The number of aromatic nitrogens is 2. The van der Waals surface area contributed by atoms with Gasteiger partial charge >= 0.3 is 0 Å². The highest BCUT2D eigenvalue weighted by Crippen LogP contribution is 2.19. The number of halogens is 1. The Morgan fingerprint density at radius 3 is 2.71 bits per heavy atom. The summed E-state index contributed by atoms with van der Waals surface area (Å²) in [6, 6.07) is 5.70. The minimum absolute atomic E-state index is 0.117. The van der Waals surface area contributed by atoms with E-state index < -0.39 is 5.82 Å². The molecule has 88 valence electrons. The van der Waals surface area contributed by atoms with Gasteiger partial charge in [-0.2, -0.15) is 5.10 Å². The van der Waals surface area contributed by atoms with E-state index in [1.807, 2.05) is 0 Å². The van der Waals surface area contributed by atoms with E-state index >= 15 is 0 Å². The molecule has 0 unspecified atom stereocenters. The lowest BCUT2D eigenvalue weighted by Crippen LogP contribution is -2.08. The van der Waals surface area contributed by atoms with Gasteiger partial charge in [0.15, 0.2) is 11.6 Å². The highest BCUT2D eigenvalue weighted by molar-refractivity contribution is 6.07. The lowest BCUT2D eigenvalue weighted by atomic mass is 10.1. The normalized spacial score (nSPS) is 10.3. The van der Waals surface area contributed by atoms with Gasteiger partial charge in [0, 0.05) is 18.8 Å². The van der Waals surface area contributed by atoms with Crippen LogP contribution in [0.5, 0.6) is 5.75 Å². The van der Waals surface area contributed by atoms with Gasteiger partial charge in [0.25, 0.3) is 0 Å². The zero-order valence-corrected chi connectivity index (χ0v) is 9.48. The van der Waals surface area contributed by atoms with Crippen LogP contribution in [0, 0.1) is 5.82 Å². The van der Waals surface area contributed by atoms with Crippen molar-refractivity contribution in [2.75, 3.05) is 7.11 Å². The Hall–Kier alpha value is -2.17. The number of rotatable bonds is 3. The summed E-state index contributed by atoms with van der Waals surface area (Å²) in [5.74, 6) is -0.710. The lowest BCUT2D eigenvalue weighted by Gasteiger charge is -2.04. The highest BCUT2D eigenvalue weighted by Gasteiger charge is 2.14. The fourth-order valence-corrected chi connectivity index (χ4v) is 1.55. The number of nitrogens with zero attached hydrogens (tertiary/aromatic N) is 2.